The zero-order valence-corrected chi connectivity index (χ0v) is 13.4. The molecule has 0 atom stereocenters. The number of ketones is 1. The SMILES string of the molecule is CC(=O)O.CC(C)=O.Cn1c(=O)c2c(ncn2C)n(C)c1=O. The van der Waals surface area contributed by atoms with Crippen LogP contribution in [0, 0.1) is 0 Å². The molecule has 0 aromatic carbocycles. The lowest BCUT2D eigenvalue weighted by Crippen LogP contribution is -2.37. The number of carbonyl (C=O) groups excluding carboxylic acids is 1. The molecule has 122 valence electrons. The van der Waals surface area contributed by atoms with Gasteiger partial charge in [-0.3, -0.25) is 18.7 Å². The van der Waals surface area contributed by atoms with Crippen molar-refractivity contribution in [2.45, 2.75) is 20.8 Å². The fourth-order valence-electron chi connectivity index (χ4n) is 1.47. The quantitative estimate of drug-likeness (QED) is 0.711. The molecule has 0 unspecified atom stereocenters. The predicted molar refractivity (Wildman–Crippen MR) is 80.9 cm³/mol. The maximum Gasteiger partial charge on any atom is 0.332 e. The van der Waals surface area contributed by atoms with Crippen molar-refractivity contribution in [1.29, 1.82) is 0 Å². The zero-order chi connectivity index (χ0) is 17.6. The molecule has 2 aromatic heterocycles. The molecule has 0 fully saturated rings. The first-order chi connectivity index (χ1) is 10.0. The van der Waals surface area contributed by atoms with Crippen LogP contribution in [-0.2, 0) is 30.7 Å². The number of aryl methyl sites for hydroxylation is 2. The van der Waals surface area contributed by atoms with Crippen molar-refractivity contribution >= 4 is 22.9 Å². The van der Waals surface area contributed by atoms with E-state index < -0.39 is 5.97 Å². The Morgan fingerprint density at radius 1 is 1.05 bits per heavy atom. The topological polar surface area (TPSA) is 116 Å². The van der Waals surface area contributed by atoms with E-state index in [1.165, 1.54) is 31.8 Å². The third kappa shape index (κ3) is 5.00. The molecule has 0 aliphatic heterocycles. The summed E-state index contributed by atoms with van der Waals surface area (Å²) in [6.45, 7) is 4.14. The molecule has 1 N–H and O–H groups in total. The minimum absolute atomic E-state index is 0.167. The van der Waals surface area contributed by atoms with Gasteiger partial charge in [0.1, 0.15) is 5.78 Å². The van der Waals surface area contributed by atoms with Crippen molar-refractivity contribution in [3.05, 3.63) is 27.2 Å². The standard InChI is InChI=1S/C8H10N4O2.C3H6O.C2H4O2/c1-10-4-9-6-5(10)7(13)12(3)8(14)11(6)2;1-3(2)4;1-2(3)4/h4H,1-3H3;1-2H3;1H3,(H,3,4). The molecule has 0 aliphatic rings. The smallest absolute Gasteiger partial charge is 0.332 e. The van der Waals surface area contributed by atoms with Crippen LogP contribution in [0.1, 0.15) is 20.8 Å². The first-order valence-electron chi connectivity index (χ1n) is 6.24. The van der Waals surface area contributed by atoms with E-state index in [0.29, 0.717) is 11.2 Å². The van der Waals surface area contributed by atoms with Gasteiger partial charge in [-0.25, -0.2) is 9.78 Å². The van der Waals surface area contributed by atoms with Gasteiger partial charge < -0.3 is 14.5 Å². The first-order valence-corrected chi connectivity index (χ1v) is 6.24. The van der Waals surface area contributed by atoms with Crippen LogP contribution in [0.15, 0.2) is 15.9 Å². The Bertz CT molecular complexity index is 777. The molecule has 0 amide bonds. The van der Waals surface area contributed by atoms with Crippen LogP contribution in [0.5, 0.6) is 0 Å². The molecule has 9 nitrogen and oxygen atoms in total. The molecular weight excluding hydrogens is 292 g/mol. The average Bonchev–Trinajstić information content (AvgIpc) is 2.74. The molecule has 0 radical (unpaired) electrons. The number of rotatable bonds is 0. The van der Waals surface area contributed by atoms with Crippen LogP contribution in [0.2, 0.25) is 0 Å². The van der Waals surface area contributed by atoms with Crippen molar-refractivity contribution in [1.82, 2.24) is 18.7 Å². The number of carboxylic acids is 1. The second-order valence-corrected chi connectivity index (χ2v) is 4.66. The Balaban J connectivity index is 0.000000464. The molecule has 0 saturated carbocycles. The summed E-state index contributed by atoms with van der Waals surface area (Å²) < 4.78 is 4.04. The van der Waals surface area contributed by atoms with Crippen molar-refractivity contribution in [3.8, 4) is 0 Å². The van der Waals surface area contributed by atoms with E-state index in [1.807, 2.05) is 0 Å². The van der Waals surface area contributed by atoms with Gasteiger partial charge in [-0.1, -0.05) is 0 Å². The highest BCUT2D eigenvalue weighted by Gasteiger charge is 2.11. The van der Waals surface area contributed by atoms with E-state index in [2.05, 4.69) is 4.98 Å². The molecule has 0 spiro atoms. The highest BCUT2D eigenvalue weighted by atomic mass is 16.4. The summed E-state index contributed by atoms with van der Waals surface area (Å²) in [4.78, 5) is 45.6. The summed E-state index contributed by atoms with van der Waals surface area (Å²) in [5.74, 6) is -0.667. The number of aromatic nitrogens is 4. The molecule has 2 rings (SSSR count). The monoisotopic (exact) mass is 312 g/mol. The van der Waals surface area contributed by atoms with E-state index in [-0.39, 0.29) is 17.0 Å². The fourth-order valence-corrected chi connectivity index (χ4v) is 1.47. The number of hydrogen-bond donors (Lipinski definition) is 1. The van der Waals surface area contributed by atoms with Crippen molar-refractivity contribution in [2.24, 2.45) is 21.1 Å². The minimum atomic E-state index is -0.833. The van der Waals surface area contributed by atoms with Gasteiger partial charge in [0.2, 0.25) is 0 Å². The third-order valence-electron chi connectivity index (χ3n) is 2.32. The maximum absolute atomic E-state index is 11.7. The summed E-state index contributed by atoms with van der Waals surface area (Å²) in [6, 6.07) is 0. The highest BCUT2D eigenvalue weighted by Crippen LogP contribution is 2.01. The second kappa shape index (κ2) is 7.91. The average molecular weight is 312 g/mol. The van der Waals surface area contributed by atoms with E-state index in [0.717, 1.165) is 11.5 Å². The first kappa shape index (κ1) is 19.3. The number of imidazole rings is 1. The lowest BCUT2D eigenvalue weighted by molar-refractivity contribution is -0.134. The molecular formula is C13H20N4O5. The molecule has 0 bridgehead atoms. The molecule has 2 heterocycles. The Morgan fingerprint density at radius 2 is 1.45 bits per heavy atom. The highest BCUT2D eigenvalue weighted by molar-refractivity contribution is 5.72. The number of carbonyl (C=O) groups is 2. The Morgan fingerprint density at radius 3 is 1.86 bits per heavy atom. The van der Waals surface area contributed by atoms with E-state index in [9.17, 15) is 14.4 Å². The number of aliphatic carboxylic acids is 1. The fraction of sp³-hybridized carbons (Fsp3) is 0.462. The van der Waals surface area contributed by atoms with Crippen LogP contribution in [0.3, 0.4) is 0 Å². The summed E-state index contributed by atoms with van der Waals surface area (Å²) in [6.07, 6.45) is 1.52. The van der Waals surface area contributed by atoms with Crippen LogP contribution >= 0.6 is 0 Å². The largest absolute Gasteiger partial charge is 0.481 e. The molecule has 0 saturated heterocycles. The Hall–Kier alpha value is -2.71. The van der Waals surface area contributed by atoms with Gasteiger partial charge in [-0.2, -0.15) is 0 Å². The number of hydrogen-bond acceptors (Lipinski definition) is 5. The zero-order valence-electron chi connectivity index (χ0n) is 13.4. The number of nitrogens with zero attached hydrogens (tertiary/aromatic N) is 4. The van der Waals surface area contributed by atoms with Crippen molar-refractivity contribution < 1.29 is 14.7 Å². The lowest BCUT2D eigenvalue weighted by atomic mass is 10.5. The van der Waals surface area contributed by atoms with Gasteiger partial charge in [0.05, 0.1) is 6.33 Å². The third-order valence-corrected chi connectivity index (χ3v) is 2.32. The molecule has 22 heavy (non-hydrogen) atoms. The Labute approximate surface area is 126 Å². The van der Waals surface area contributed by atoms with Crippen LogP contribution in [-0.4, -0.2) is 35.5 Å². The summed E-state index contributed by atoms with van der Waals surface area (Å²) in [5.41, 5.74) is 0.180. The van der Waals surface area contributed by atoms with Crippen molar-refractivity contribution in [3.63, 3.8) is 0 Å². The number of fused-ring (bicyclic) bond motifs is 1. The predicted octanol–water partition coefficient (Wildman–Crippen LogP) is -0.343. The normalized spacial score (nSPS) is 9.36. The minimum Gasteiger partial charge on any atom is -0.481 e. The summed E-state index contributed by atoms with van der Waals surface area (Å²) in [7, 11) is 4.77. The lowest BCUT2D eigenvalue weighted by Gasteiger charge is -2.02. The number of carboxylic acid groups (broad SMARTS) is 1. The van der Waals surface area contributed by atoms with Crippen molar-refractivity contribution in [2.75, 3.05) is 0 Å². The summed E-state index contributed by atoms with van der Waals surface area (Å²) >= 11 is 0. The van der Waals surface area contributed by atoms with E-state index >= 15 is 0 Å². The van der Waals surface area contributed by atoms with Gasteiger partial charge in [-0.15, -0.1) is 0 Å². The van der Waals surface area contributed by atoms with Crippen LogP contribution < -0.4 is 11.2 Å². The molecule has 0 aliphatic carbocycles. The van der Waals surface area contributed by atoms with Crippen LogP contribution in [0.4, 0.5) is 0 Å². The maximum atomic E-state index is 11.7. The van der Waals surface area contributed by atoms with Crippen LogP contribution in [0.25, 0.3) is 11.2 Å². The Kier molecular flexibility index (Phi) is 6.94. The van der Waals surface area contributed by atoms with Gasteiger partial charge >= 0.3 is 5.69 Å². The van der Waals surface area contributed by atoms with E-state index in [4.69, 9.17) is 9.90 Å². The van der Waals surface area contributed by atoms with Gasteiger partial charge in [-0.05, 0) is 13.8 Å². The summed E-state index contributed by atoms with van der Waals surface area (Å²) in [5, 5.41) is 7.42. The molecule has 9 heteroatoms. The molecule has 2 aromatic rings. The van der Waals surface area contributed by atoms with E-state index in [1.54, 1.807) is 18.7 Å². The van der Waals surface area contributed by atoms with Gasteiger partial charge in [0, 0.05) is 28.1 Å². The van der Waals surface area contributed by atoms with Gasteiger partial charge in [0.25, 0.3) is 11.5 Å². The second-order valence-electron chi connectivity index (χ2n) is 4.66. The number of Topliss-reactive ketones (excluding diaryl/α,β-unsaturated/α-hetero) is 1. The van der Waals surface area contributed by atoms with Gasteiger partial charge in [0.15, 0.2) is 11.2 Å².